The van der Waals surface area contributed by atoms with Gasteiger partial charge in [0.05, 0.1) is 0 Å². The molecule has 2 atom stereocenters. The molecule has 19 heavy (non-hydrogen) atoms. The summed E-state index contributed by atoms with van der Waals surface area (Å²) in [7, 11) is -3.31. The van der Waals surface area contributed by atoms with E-state index in [-0.39, 0.29) is 12.1 Å². The van der Waals surface area contributed by atoms with Crippen molar-refractivity contribution in [2.45, 2.75) is 51.6 Å². The number of rotatable bonds is 7. The van der Waals surface area contributed by atoms with Gasteiger partial charge in [-0.2, -0.15) is 0 Å². The van der Waals surface area contributed by atoms with E-state index in [9.17, 15) is 8.42 Å². The fourth-order valence-corrected chi connectivity index (χ4v) is 3.22. The van der Waals surface area contributed by atoms with Crippen LogP contribution in [-0.2, 0) is 16.4 Å². The van der Waals surface area contributed by atoms with E-state index in [4.69, 9.17) is 0 Å². The minimum absolute atomic E-state index is 0.0846. The first-order valence-corrected chi connectivity index (χ1v) is 8.17. The highest BCUT2D eigenvalue weighted by molar-refractivity contribution is 7.90. The minimum Gasteiger partial charge on any atom is -0.297 e. The van der Waals surface area contributed by atoms with E-state index in [0.29, 0.717) is 0 Å². The molecular weight excluding hydrogens is 260 g/mol. The maximum absolute atomic E-state index is 12.0. The van der Waals surface area contributed by atoms with Crippen molar-refractivity contribution in [1.29, 1.82) is 0 Å². The molecule has 0 aliphatic carbocycles. The summed E-state index contributed by atoms with van der Waals surface area (Å²) in [6, 6.07) is 10.1. The van der Waals surface area contributed by atoms with Gasteiger partial charge in [0.15, 0.2) is 0 Å². The molecule has 0 saturated carbocycles. The number of benzene rings is 1. The molecule has 0 fully saturated rings. The molecule has 2 N–H and O–H groups in total. The Morgan fingerprint density at radius 3 is 2.16 bits per heavy atom. The molecule has 4 nitrogen and oxygen atoms in total. The van der Waals surface area contributed by atoms with Gasteiger partial charge in [-0.1, -0.05) is 30.3 Å². The number of hydrogen-bond donors (Lipinski definition) is 2. The van der Waals surface area contributed by atoms with Gasteiger partial charge in [0, 0.05) is 12.1 Å². The molecule has 0 radical (unpaired) electrons. The summed E-state index contributed by atoms with van der Waals surface area (Å²) in [6.07, 6.45) is 0.808. The van der Waals surface area contributed by atoms with Crippen LogP contribution in [0.5, 0.6) is 0 Å². The van der Waals surface area contributed by atoms with Crippen LogP contribution in [0.15, 0.2) is 30.3 Å². The molecule has 0 heterocycles. The van der Waals surface area contributed by atoms with Crippen molar-refractivity contribution in [3.63, 3.8) is 0 Å². The van der Waals surface area contributed by atoms with Gasteiger partial charge < -0.3 is 0 Å². The highest BCUT2D eigenvalue weighted by Crippen LogP contribution is 2.05. The highest BCUT2D eigenvalue weighted by Gasteiger charge is 2.22. The zero-order valence-corrected chi connectivity index (χ0v) is 12.9. The van der Waals surface area contributed by atoms with Crippen LogP contribution in [-0.4, -0.2) is 25.9 Å². The highest BCUT2D eigenvalue weighted by atomic mass is 32.2. The van der Waals surface area contributed by atoms with E-state index in [2.05, 4.69) is 10.0 Å². The Kier molecular flexibility index (Phi) is 5.97. The van der Waals surface area contributed by atoms with Crippen LogP contribution >= 0.6 is 0 Å². The van der Waals surface area contributed by atoms with Gasteiger partial charge in [-0.25, -0.2) is 13.1 Å². The third kappa shape index (κ3) is 5.72. The van der Waals surface area contributed by atoms with Crippen molar-refractivity contribution >= 4 is 10.0 Å². The van der Waals surface area contributed by atoms with E-state index < -0.39 is 15.4 Å². The average molecular weight is 284 g/mol. The van der Waals surface area contributed by atoms with Crippen molar-refractivity contribution in [3.8, 4) is 0 Å². The topological polar surface area (TPSA) is 58.2 Å². The summed E-state index contributed by atoms with van der Waals surface area (Å²) in [5.41, 5.74) is 1.20. The summed E-state index contributed by atoms with van der Waals surface area (Å²) < 4.78 is 26.5. The maximum Gasteiger partial charge on any atom is 0.227 e. The Labute approximate surface area is 116 Å². The summed E-state index contributed by atoms with van der Waals surface area (Å²) in [5, 5.41) is 2.52. The first kappa shape index (κ1) is 16.1. The van der Waals surface area contributed by atoms with E-state index in [1.807, 2.05) is 51.1 Å². The normalized spacial score (nSPS) is 15.4. The fourth-order valence-electron chi connectivity index (χ4n) is 1.95. The third-order valence-corrected chi connectivity index (χ3v) is 4.64. The molecule has 2 unspecified atom stereocenters. The number of nitrogens with one attached hydrogen (secondary N) is 2. The second-order valence-corrected chi connectivity index (χ2v) is 7.25. The van der Waals surface area contributed by atoms with Crippen molar-refractivity contribution < 1.29 is 8.42 Å². The summed E-state index contributed by atoms with van der Waals surface area (Å²) in [6.45, 7) is 7.30. The van der Waals surface area contributed by atoms with Crippen LogP contribution in [0.25, 0.3) is 0 Å². The molecule has 0 aromatic heterocycles. The standard InChI is InChI=1S/C14H24N2O2S/c1-11(2)16-19(17,18)13(4)15-12(3)10-14-8-6-5-7-9-14/h5-9,11-13,15-16H,10H2,1-4H3. The Hall–Kier alpha value is -0.910. The lowest BCUT2D eigenvalue weighted by Gasteiger charge is -2.21. The van der Waals surface area contributed by atoms with Crippen molar-refractivity contribution in [2.24, 2.45) is 0 Å². The van der Waals surface area contributed by atoms with E-state index >= 15 is 0 Å². The van der Waals surface area contributed by atoms with Crippen LogP contribution in [0.4, 0.5) is 0 Å². The van der Waals surface area contributed by atoms with Crippen LogP contribution < -0.4 is 10.0 Å². The molecule has 1 aromatic carbocycles. The number of sulfonamides is 1. The zero-order valence-electron chi connectivity index (χ0n) is 12.1. The Balaban J connectivity index is 2.55. The van der Waals surface area contributed by atoms with Gasteiger partial charge in [-0.05, 0) is 39.7 Å². The third-order valence-electron chi connectivity index (χ3n) is 2.77. The van der Waals surface area contributed by atoms with Crippen LogP contribution in [0.3, 0.4) is 0 Å². The molecule has 0 amide bonds. The van der Waals surface area contributed by atoms with Gasteiger partial charge in [0.1, 0.15) is 5.37 Å². The summed E-state index contributed by atoms with van der Waals surface area (Å²) in [4.78, 5) is 0. The Morgan fingerprint density at radius 2 is 1.63 bits per heavy atom. The van der Waals surface area contributed by atoms with Gasteiger partial charge in [0.25, 0.3) is 0 Å². The monoisotopic (exact) mass is 284 g/mol. The molecule has 0 saturated heterocycles. The SMILES string of the molecule is CC(C)NS(=O)(=O)C(C)NC(C)Cc1ccccc1. The van der Waals surface area contributed by atoms with E-state index in [1.54, 1.807) is 6.92 Å². The first-order valence-electron chi connectivity index (χ1n) is 6.62. The second kappa shape index (κ2) is 7.03. The lowest BCUT2D eigenvalue weighted by Crippen LogP contribution is -2.47. The molecule has 0 aliphatic rings. The lowest BCUT2D eigenvalue weighted by molar-refractivity contribution is 0.495. The molecule has 0 aliphatic heterocycles. The van der Waals surface area contributed by atoms with Crippen molar-refractivity contribution in [2.75, 3.05) is 0 Å². The number of hydrogen-bond acceptors (Lipinski definition) is 3. The summed E-state index contributed by atoms with van der Waals surface area (Å²) >= 11 is 0. The molecule has 108 valence electrons. The zero-order chi connectivity index (χ0) is 14.5. The van der Waals surface area contributed by atoms with E-state index in [0.717, 1.165) is 6.42 Å². The molecule has 1 aromatic rings. The van der Waals surface area contributed by atoms with Gasteiger partial charge in [-0.3, -0.25) is 5.32 Å². The second-order valence-electron chi connectivity index (χ2n) is 5.22. The maximum atomic E-state index is 12.0. The average Bonchev–Trinajstić information content (AvgIpc) is 2.28. The smallest absolute Gasteiger partial charge is 0.227 e. The van der Waals surface area contributed by atoms with Gasteiger partial charge >= 0.3 is 0 Å². The fraction of sp³-hybridized carbons (Fsp3) is 0.571. The predicted molar refractivity (Wildman–Crippen MR) is 79.4 cm³/mol. The minimum atomic E-state index is -3.31. The van der Waals surface area contributed by atoms with Crippen LogP contribution in [0, 0.1) is 0 Å². The largest absolute Gasteiger partial charge is 0.297 e. The van der Waals surface area contributed by atoms with Crippen molar-refractivity contribution in [3.05, 3.63) is 35.9 Å². The predicted octanol–water partition coefficient (Wildman–Crippen LogP) is 1.88. The summed E-state index contributed by atoms with van der Waals surface area (Å²) in [5.74, 6) is 0. The lowest BCUT2D eigenvalue weighted by atomic mass is 10.1. The molecule has 0 spiro atoms. The van der Waals surface area contributed by atoms with Gasteiger partial charge in [-0.15, -0.1) is 0 Å². The molecular formula is C14H24N2O2S. The van der Waals surface area contributed by atoms with Crippen LogP contribution in [0.1, 0.15) is 33.3 Å². The molecule has 5 heteroatoms. The van der Waals surface area contributed by atoms with Crippen LogP contribution in [0.2, 0.25) is 0 Å². The van der Waals surface area contributed by atoms with Crippen molar-refractivity contribution in [1.82, 2.24) is 10.0 Å². The first-order chi connectivity index (χ1) is 8.81. The van der Waals surface area contributed by atoms with Gasteiger partial charge in [0.2, 0.25) is 10.0 Å². The molecule has 1 rings (SSSR count). The van der Waals surface area contributed by atoms with E-state index in [1.165, 1.54) is 5.56 Å². The molecule has 0 bridgehead atoms. The Morgan fingerprint density at radius 1 is 1.05 bits per heavy atom. The quantitative estimate of drug-likeness (QED) is 0.804. The Bertz CT molecular complexity index is 471.